The molecule has 2 aromatic carbocycles. The fraction of sp³-hybridized carbons (Fsp3) is 0.318. The van der Waals surface area contributed by atoms with Gasteiger partial charge < -0.3 is 5.73 Å². The van der Waals surface area contributed by atoms with Crippen LogP contribution in [-0.4, -0.2) is 23.8 Å². The number of carbonyl (C=O) groups is 1. The van der Waals surface area contributed by atoms with Gasteiger partial charge >= 0.3 is 0 Å². The second-order valence-corrected chi connectivity index (χ2v) is 8.06. The summed E-state index contributed by atoms with van der Waals surface area (Å²) in [5.74, 6) is -2.51. The third-order valence-electron chi connectivity index (χ3n) is 5.94. The normalized spacial score (nSPS) is 20.7. The molecule has 2 aromatic rings. The highest BCUT2D eigenvalue weighted by molar-refractivity contribution is 6.01. The first-order valence-electron chi connectivity index (χ1n) is 9.22. The number of amides is 1. The molecule has 0 fully saturated rings. The number of rotatable bonds is 3. The molecule has 5 nitrogen and oxygen atoms in total. The number of hydrogen-bond donors (Lipinski definition) is 1. The van der Waals surface area contributed by atoms with Crippen molar-refractivity contribution < 1.29 is 18.0 Å². The summed E-state index contributed by atoms with van der Waals surface area (Å²) in [6.45, 7) is 4.93. The van der Waals surface area contributed by atoms with E-state index in [4.69, 9.17) is 11.0 Å². The van der Waals surface area contributed by atoms with Crippen molar-refractivity contribution in [2.75, 3.05) is 7.05 Å². The van der Waals surface area contributed by atoms with E-state index in [9.17, 15) is 18.0 Å². The zero-order valence-corrected chi connectivity index (χ0v) is 17.1. The lowest BCUT2D eigenvalue weighted by Gasteiger charge is -2.46. The lowest BCUT2D eigenvalue weighted by Crippen LogP contribution is -2.58. The van der Waals surface area contributed by atoms with Crippen LogP contribution < -0.4 is 5.73 Å². The third-order valence-corrected chi connectivity index (χ3v) is 5.94. The average molecular weight is 414 g/mol. The molecular formula is C22H21F3N4O. The Morgan fingerprint density at radius 1 is 1.10 bits per heavy atom. The summed E-state index contributed by atoms with van der Waals surface area (Å²) in [6, 6.07) is 7.52. The van der Waals surface area contributed by atoms with E-state index in [1.165, 1.54) is 30.1 Å². The van der Waals surface area contributed by atoms with Gasteiger partial charge in [-0.15, -0.1) is 0 Å². The average Bonchev–Trinajstić information content (AvgIpc) is 2.69. The zero-order valence-electron chi connectivity index (χ0n) is 17.1. The molecule has 3 rings (SSSR count). The molecule has 0 aliphatic carbocycles. The Kier molecular flexibility index (Phi) is 5.11. The number of carbonyl (C=O) groups excluding carboxylic acids is 1. The van der Waals surface area contributed by atoms with Crippen molar-refractivity contribution in [3.63, 3.8) is 0 Å². The second-order valence-electron chi connectivity index (χ2n) is 8.06. The molecule has 30 heavy (non-hydrogen) atoms. The van der Waals surface area contributed by atoms with Crippen LogP contribution in [-0.2, 0) is 16.8 Å². The van der Waals surface area contributed by atoms with Gasteiger partial charge in [0.25, 0.3) is 0 Å². The first-order chi connectivity index (χ1) is 13.9. The van der Waals surface area contributed by atoms with E-state index in [-0.39, 0.29) is 35.0 Å². The lowest BCUT2D eigenvalue weighted by molar-refractivity contribution is -0.140. The van der Waals surface area contributed by atoms with Gasteiger partial charge in [0.1, 0.15) is 29.1 Å². The minimum Gasteiger partial charge on any atom is -0.369 e. The maximum atomic E-state index is 14.9. The summed E-state index contributed by atoms with van der Waals surface area (Å²) in [5.41, 5.74) is 3.72. The Bertz CT molecular complexity index is 1120. The molecule has 8 heteroatoms. The fourth-order valence-electron chi connectivity index (χ4n) is 3.66. The third kappa shape index (κ3) is 3.20. The molecule has 1 aliphatic heterocycles. The van der Waals surface area contributed by atoms with Crippen molar-refractivity contribution in [3.05, 3.63) is 70.0 Å². The van der Waals surface area contributed by atoms with Crippen molar-refractivity contribution in [2.24, 2.45) is 16.1 Å². The fourth-order valence-corrected chi connectivity index (χ4v) is 3.66. The van der Waals surface area contributed by atoms with Crippen molar-refractivity contribution in [3.8, 4) is 6.07 Å². The maximum Gasteiger partial charge on any atom is 0.237 e. The van der Waals surface area contributed by atoms with E-state index in [0.717, 1.165) is 12.1 Å². The molecule has 2 N–H and O–H groups in total. The molecule has 1 amide bonds. The molecule has 0 saturated heterocycles. The molecule has 0 radical (unpaired) electrons. The lowest BCUT2D eigenvalue weighted by atomic mass is 9.67. The van der Waals surface area contributed by atoms with Gasteiger partial charge in [-0.25, -0.2) is 18.2 Å². The van der Waals surface area contributed by atoms with Crippen LogP contribution in [0.3, 0.4) is 0 Å². The largest absolute Gasteiger partial charge is 0.369 e. The van der Waals surface area contributed by atoms with E-state index >= 15 is 0 Å². The highest BCUT2D eigenvalue weighted by Crippen LogP contribution is 2.47. The van der Waals surface area contributed by atoms with Gasteiger partial charge in [-0.2, -0.15) is 5.26 Å². The number of halogens is 3. The highest BCUT2D eigenvalue weighted by atomic mass is 19.1. The summed E-state index contributed by atoms with van der Waals surface area (Å²) in [5, 5.41) is 8.82. The topological polar surface area (TPSA) is 82.5 Å². The Morgan fingerprint density at radius 2 is 1.77 bits per heavy atom. The van der Waals surface area contributed by atoms with Crippen LogP contribution in [0.2, 0.25) is 0 Å². The van der Waals surface area contributed by atoms with Crippen LogP contribution in [0.15, 0.2) is 35.3 Å². The minimum atomic E-state index is -1.31. The Morgan fingerprint density at radius 3 is 2.40 bits per heavy atom. The molecule has 0 aromatic heterocycles. The Labute approximate surface area is 172 Å². The molecule has 1 atom stereocenters. The van der Waals surface area contributed by atoms with Crippen LogP contribution in [0.25, 0.3) is 0 Å². The first-order valence-corrected chi connectivity index (χ1v) is 9.22. The van der Waals surface area contributed by atoms with Gasteiger partial charge in [-0.05, 0) is 50.1 Å². The molecule has 1 aliphatic rings. The number of nitrogens with two attached hydrogens (primary N) is 1. The number of nitriles is 1. The van der Waals surface area contributed by atoms with E-state index in [1.807, 2.05) is 0 Å². The van der Waals surface area contributed by atoms with E-state index in [0.29, 0.717) is 5.56 Å². The summed E-state index contributed by atoms with van der Waals surface area (Å²) < 4.78 is 43.1. The van der Waals surface area contributed by atoms with Crippen molar-refractivity contribution in [2.45, 2.75) is 32.7 Å². The summed E-state index contributed by atoms with van der Waals surface area (Å²) >= 11 is 0. The Balaban J connectivity index is 2.10. The van der Waals surface area contributed by atoms with Gasteiger partial charge in [-0.3, -0.25) is 9.69 Å². The summed E-state index contributed by atoms with van der Waals surface area (Å²) in [6.07, 6.45) is -0.0364. The van der Waals surface area contributed by atoms with Gasteiger partial charge in [-0.1, -0.05) is 12.1 Å². The van der Waals surface area contributed by atoms with E-state index < -0.39 is 28.4 Å². The SMILES string of the molecule is CN1C(=O)C(C)(C)[C@@](C)(c2cc(Cc3cc(F)c(C#N)cc3F)ccc2F)N=C1N. The quantitative estimate of drug-likeness (QED) is 0.833. The maximum absolute atomic E-state index is 14.9. The standard InChI is InChI=1S/C22H21F3N4O/c1-21(2)19(30)29(4)20(27)28-22(21,3)15-8-12(5-6-16(15)23)7-13-9-18(25)14(11-26)10-17(13)24/h5-6,8-10H,7H2,1-4H3,(H2,27,28)/t22-/m1/s1. The zero-order chi connectivity index (χ0) is 22.4. The van der Waals surface area contributed by atoms with Gasteiger partial charge in [0.05, 0.1) is 11.0 Å². The van der Waals surface area contributed by atoms with Crippen LogP contribution in [0.5, 0.6) is 0 Å². The van der Waals surface area contributed by atoms with Crippen LogP contribution in [0.1, 0.15) is 43.0 Å². The van der Waals surface area contributed by atoms with Crippen LogP contribution in [0, 0.1) is 34.2 Å². The smallest absolute Gasteiger partial charge is 0.237 e. The predicted octanol–water partition coefficient (Wildman–Crippen LogP) is 3.59. The molecular weight excluding hydrogens is 393 g/mol. The molecule has 156 valence electrons. The molecule has 0 spiro atoms. The highest BCUT2D eigenvalue weighted by Gasteiger charge is 2.53. The minimum absolute atomic E-state index is 0.0240. The van der Waals surface area contributed by atoms with Crippen molar-refractivity contribution >= 4 is 11.9 Å². The molecule has 0 saturated carbocycles. The number of nitrogens with zero attached hydrogens (tertiary/aromatic N) is 3. The van der Waals surface area contributed by atoms with E-state index in [1.54, 1.807) is 26.8 Å². The summed E-state index contributed by atoms with van der Waals surface area (Å²) in [4.78, 5) is 18.4. The number of benzene rings is 2. The second kappa shape index (κ2) is 7.17. The monoisotopic (exact) mass is 414 g/mol. The predicted molar refractivity (Wildman–Crippen MR) is 106 cm³/mol. The number of guanidine groups is 1. The molecule has 0 bridgehead atoms. The molecule has 0 unspecified atom stereocenters. The summed E-state index contributed by atoms with van der Waals surface area (Å²) in [7, 11) is 1.50. The van der Waals surface area contributed by atoms with Crippen LogP contribution in [0.4, 0.5) is 13.2 Å². The number of hydrogen-bond acceptors (Lipinski definition) is 4. The van der Waals surface area contributed by atoms with Crippen molar-refractivity contribution in [1.82, 2.24) is 4.90 Å². The van der Waals surface area contributed by atoms with Gasteiger partial charge in [0, 0.05) is 19.0 Å². The van der Waals surface area contributed by atoms with Gasteiger partial charge in [0.2, 0.25) is 5.91 Å². The number of aliphatic imine (C=N–C) groups is 1. The van der Waals surface area contributed by atoms with E-state index in [2.05, 4.69) is 4.99 Å². The van der Waals surface area contributed by atoms with Crippen molar-refractivity contribution in [1.29, 1.82) is 5.26 Å². The first kappa shape index (κ1) is 21.4. The van der Waals surface area contributed by atoms with Gasteiger partial charge in [0.15, 0.2) is 5.96 Å². The molecule has 1 heterocycles. The Hall–Kier alpha value is -3.34. The van der Waals surface area contributed by atoms with Crippen LogP contribution >= 0.6 is 0 Å².